The maximum Gasteiger partial charge on any atom is 0.153 e. The van der Waals surface area contributed by atoms with E-state index in [4.69, 9.17) is 4.74 Å². The first-order valence-corrected chi connectivity index (χ1v) is 4.05. The summed E-state index contributed by atoms with van der Waals surface area (Å²) in [7, 11) is 0. The number of hydrogen-bond acceptors (Lipinski definition) is 2. The monoisotopic (exact) mass is 176 g/mol. The van der Waals surface area contributed by atoms with Gasteiger partial charge in [-0.15, -0.1) is 0 Å². The summed E-state index contributed by atoms with van der Waals surface area (Å²) in [6.45, 7) is 6.04. The van der Waals surface area contributed by atoms with Crippen LogP contribution in [0.25, 0.3) is 0 Å². The first-order chi connectivity index (χ1) is 6.24. The van der Waals surface area contributed by atoms with Crippen molar-refractivity contribution in [1.82, 2.24) is 0 Å². The summed E-state index contributed by atoms with van der Waals surface area (Å²) < 4.78 is 5.36. The lowest BCUT2D eigenvalue weighted by molar-refractivity contribution is 0.112. The molecular formula is C11H12O2. The number of benzene rings is 1. The van der Waals surface area contributed by atoms with Gasteiger partial charge >= 0.3 is 0 Å². The van der Waals surface area contributed by atoms with Gasteiger partial charge in [0.25, 0.3) is 0 Å². The SMILES string of the molecule is C=C(C)COc1ccccc1C=O. The zero-order chi connectivity index (χ0) is 9.68. The molecule has 68 valence electrons. The highest BCUT2D eigenvalue weighted by Gasteiger charge is 2.00. The van der Waals surface area contributed by atoms with Crippen LogP contribution in [0.1, 0.15) is 17.3 Å². The van der Waals surface area contributed by atoms with Crippen LogP contribution in [0.5, 0.6) is 5.75 Å². The standard InChI is InChI=1S/C11H12O2/c1-9(2)8-13-11-6-4-3-5-10(11)7-12/h3-7H,1,8H2,2H3. The maximum atomic E-state index is 10.6. The van der Waals surface area contributed by atoms with Crippen LogP contribution in [0.2, 0.25) is 0 Å². The lowest BCUT2D eigenvalue weighted by Crippen LogP contribution is -1.99. The van der Waals surface area contributed by atoms with Gasteiger partial charge in [-0.3, -0.25) is 4.79 Å². The maximum absolute atomic E-state index is 10.6. The quantitative estimate of drug-likeness (QED) is 0.520. The number of aldehydes is 1. The fourth-order valence-corrected chi connectivity index (χ4v) is 0.910. The molecule has 0 fully saturated rings. The van der Waals surface area contributed by atoms with Crippen molar-refractivity contribution in [3.05, 3.63) is 42.0 Å². The predicted octanol–water partition coefficient (Wildman–Crippen LogP) is 2.45. The van der Waals surface area contributed by atoms with E-state index in [0.717, 1.165) is 11.9 Å². The molecule has 0 amide bonds. The molecule has 0 atom stereocenters. The first kappa shape index (κ1) is 9.52. The summed E-state index contributed by atoms with van der Waals surface area (Å²) in [6.07, 6.45) is 0.785. The Balaban J connectivity index is 2.75. The molecule has 0 aliphatic carbocycles. The molecule has 0 heterocycles. The third-order valence-corrected chi connectivity index (χ3v) is 1.52. The lowest BCUT2D eigenvalue weighted by Gasteiger charge is -2.06. The van der Waals surface area contributed by atoms with Crippen molar-refractivity contribution < 1.29 is 9.53 Å². The summed E-state index contributed by atoms with van der Waals surface area (Å²) in [4.78, 5) is 10.6. The second kappa shape index (κ2) is 4.45. The van der Waals surface area contributed by atoms with Crippen LogP contribution in [0.4, 0.5) is 0 Å². The molecule has 1 aromatic carbocycles. The lowest BCUT2D eigenvalue weighted by atomic mass is 10.2. The van der Waals surface area contributed by atoms with E-state index in [1.165, 1.54) is 0 Å². The average Bonchev–Trinajstić information content (AvgIpc) is 2.15. The number of para-hydroxylation sites is 1. The minimum atomic E-state index is 0.449. The molecule has 1 aromatic rings. The van der Waals surface area contributed by atoms with Crippen LogP contribution in [-0.4, -0.2) is 12.9 Å². The smallest absolute Gasteiger partial charge is 0.153 e. The van der Waals surface area contributed by atoms with Crippen molar-refractivity contribution >= 4 is 6.29 Å². The minimum absolute atomic E-state index is 0.449. The molecule has 0 aliphatic rings. The fraction of sp³-hybridized carbons (Fsp3) is 0.182. The van der Waals surface area contributed by atoms with E-state index < -0.39 is 0 Å². The Morgan fingerprint density at radius 3 is 2.85 bits per heavy atom. The van der Waals surface area contributed by atoms with Gasteiger partial charge in [0.15, 0.2) is 6.29 Å². The molecule has 13 heavy (non-hydrogen) atoms. The molecule has 0 aliphatic heterocycles. The third-order valence-electron chi connectivity index (χ3n) is 1.52. The summed E-state index contributed by atoms with van der Waals surface area (Å²) in [5.74, 6) is 0.612. The summed E-state index contributed by atoms with van der Waals surface area (Å²) in [6, 6.07) is 7.13. The van der Waals surface area contributed by atoms with Crippen molar-refractivity contribution in [2.45, 2.75) is 6.92 Å². The summed E-state index contributed by atoms with van der Waals surface area (Å²) in [5, 5.41) is 0. The van der Waals surface area contributed by atoms with Crippen LogP contribution >= 0.6 is 0 Å². The van der Waals surface area contributed by atoms with E-state index >= 15 is 0 Å². The van der Waals surface area contributed by atoms with E-state index in [1.807, 2.05) is 13.0 Å². The van der Waals surface area contributed by atoms with E-state index in [2.05, 4.69) is 6.58 Å². The van der Waals surface area contributed by atoms with E-state index in [1.54, 1.807) is 18.2 Å². The van der Waals surface area contributed by atoms with Crippen molar-refractivity contribution in [2.75, 3.05) is 6.61 Å². The molecule has 0 unspecified atom stereocenters. The molecule has 0 bridgehead atoms. The van der Waals surface area contributed by atoms with E-state index in [0.29, 0.717) is 17.9 Å². The molecule has 0 saturated carbocycles. The van der Waals surface area contributed by atoms with Crippen LogP contribution in [0, 0.1) is 0 Å². The van der Waals surface area contributed by atoms with E-state index in [-0.39, 0.29) is 0 Å². The van der Waals surface area contributed by atoms with Gasteiger partial charge in [-0.05, 0) is 24.6 Å². The third kappa shape index (κ3) is 2.75. The zero-order valence-electron chi connectivity index (χ0n) is 7.62. The Morgan fingerprint density at radius 1 is 1.54 bits per heavy atom. The van der Waals surface area contributed by atoms with Crippen molar-refractivity contribution in [1.29, 1.82) is 0 Å². The molecule has 0 aromatic heterocycles. The second-order valence-electron chi connectivity index (χ2n) is 2.90. The molecule has 1 rings (SSSR count). The highest BCUT2D eigenvalue weighted by molar-refractivity contribution is 5.79. The van der Waals surface area contributed by atoms with Crippen LogP contribution < -0.4 is 4.74 Å². The predicted molar refractivity (Wildman–Crippen MR) is 52.1 cm³/mol. The Morgan fingerprint density at radius 2 is 2.23 bits per heavy atom. The van der Waals surface area contributed by atoms with Crippen molar-refractivity contribution in [2.24, 2.45) is 0 Å². The molecule has 0 N–H and O–H groups in total. The zero-order valence-corrected chi connectivity index (χ0v) is 7.62. The van der Waals surface area contributed by atoms with Crippen LogP contribution in [0.3, 0.4) is 0 Å². The average molecular weight is 176 g/mol. The summed E-state index contributed by atoms with van der Waals surface area (Å²) >= 11 is 0. The fourth-order valence-electron chi connectivity index (χ4n) is 0.910. The highest BCUT2D eigenvalue weighted by Crippen LogP contribution is 2.15. The highest BCUT2D eigenvalue weighted by atomic mass is 16.5. The molecule has 0 spiro atoms. The Bertz CT molecular complexity index is 316. The Hall–Kier alpha value is -1.57. The van der Waals surface area contributed by atoms with Gasteiger partial charge in [0.2, 0.25) is 0 Å². The van der Waals surface area contributed by atoms with Gasteiger partial charge in [0, 0.05) is 0 Å². The number of carbonyl (C=O) groups excluding carboxylic acids is 1. The van der Waals surface area contributed by atoms with Gasteiger partial charge in [-0.1, -0.05) is 18.7 Å². The first-order valence-electron chi connectivity index (χ1n) is 4.05. The van der Waals surface area contributed by atoms with Crippen molar-refractivity contribution in [3.8, 4) is 5.75 Å². The van der Waals surface area contributed by atoms with Crippen LogP contribution in [-0.2, 0) is 0 Å². The van der Waals surface area contributed by atoms with Gasteiger partial charge in [-0.2, -0.15) is 0 Å². The molecule has 2 heteroatoms. The molecular weight excluding hydrogens is 164 g/mol. The normalized spacial score (nSPS) is 9.31. The second-order valence-corrected chi connectivity index (χ2v) is 2.90. The summed E-state index contributed by atoms with van der Waals surface area (Å²) in [5.41, 5.74) is 1.50. The number of carbonyl (C=O) groups is 1. The van der Waals surface area contributed by atoms with Gasteiger partial charge in [-0.25, -0.2) is 0 Å². The number of hydrogen-bond donors (Lipinski definition) is 0. The van der Waals surface area contributed by atoms with Gasteiger partial charge in [0.1, 0.15) is 12.4 Å². The van der Waals surface area contributed by atoms with Crippen molar-refractivity contribution in [3.63, 3.8) is 0 Å². The number of ether oxygens (including phenoxy) is 1. The van der Waals surface area contributed by atoms with Gasteiger partial charge in [0.05, 0.1) is 5.56 Å². The molecule has 0 radical (unpaired) electrons. The molecule has 2 nitrogen and oxygen atoms in total. The topological polar surface area (TPSA) is 26.3 Å². The van der Waals surface area contributed by atoms with E-state index in [9.17, 15) is 4.79 Å². The van der Waals surface area contributed by atoms with Gasteiger partial charge < -0.3 is 4.74 Å². The number of rotatable bonds is 4. The van der Waals surface area contributed by atoms with Crippen LogP contribution in [0.15, 0.2) is 36.4 Å². The molecule has 0 saturated heterocycles. The Kier molecular flexibility index (Phi) is 3.26. The Labute approximate surface area is 77.8 Å². The largest absolute Gasteiger partial charge is 0.489 e. The minimum Gasteiger partial charge on any atom is -0.489 e.